The molecule has 0 unspecified atom stereocenters. The highest BCUT2D eigenvalue weighted by atomic mass is 19.2. The van der Waals surface area contributed by atoms with Gasteiger partial charge in [0, 0.05) is 19.8 Å². The van der Waals surface area contributed by atoms with Crippen LogP contribution in [-0.4, -0.2) is 17.1 Å². The van der Waals surface area contributed by atoms with E-state index in [2.05, 4.69) is 0 Å². The molecule has 1 aliphatic heterocycles. The van der Waals surface area contributed by atoms with Gasteiger partial charge in [-0.1, -0.05) is 0 Å². The molecule has 1 aliphatic rings. The van der Waals surface area contributed by atoms with E-state index in [0.29, 0.717) is 6.54 Å². The van der Waals surface area contributed by atoms with Gasteiger partial charge in [0.2, 0.25) is 0 Å². The summed E-state index contributed by atoms with van der Waals surface area (Å²) in [5, 5.41) is 0. The molecule has 0 aliphatic carbocycles. The summed E-state index contributed by atoms with van der Waals surface area (Å²) in [6.45, 7) is 2.47. The molecule has 0 aromatic heterocycles. The maximum absolute atomic E-state index is 12.6. The summed E-state index contributed by atoms with van der Waals surface area (Å²) in [6.07, 6.45) is 4.29. The first-order chi connectivity index (χ1) is 4.30. The Morgan fingerprint density at radius 2 is 2.11 bits per heavy atom. The van der Waals surface area contributed by atoms with E-state index in [1.54, 1.807) is 0 Å². The quantitative estimate of drug-likeness (QED) is 0.441. The molecule has 0 aromatic rings. The number of nitrogens with zero attached hydrogens (tertiary/aromatic N) is 1. The Labute approximate surface area is 55.1 Å². The van der Waals surface area contributed by atoms with Gasteiger partial charge in [-0.25, -0.2) is 0 Å². The predicted octanol–water partition coefficient (Wildman–Crippen LogP) is 1.92. The van der Waals surface area contributed by atoms with Crippen molar-refractivity contribution in [3.63, 3.8) is 0 Å². The van der Waals surface area contributed by atoms with Crippen molar-refractivity contribution < 1.29 is 9.28 Å². The van der Waals surface area contributed by atoms with Crippen LogP contribution in [0.5, 0.6) is 0 Å². The molecular formula is C7H13FN+. The van der Waals surface area contributed by atoms with E-state index in [-0.39, 0.29) is 0 Å². The minimum Gasteiger partial charge on any atom is -0.0466 e. The third-order valence-electron chi connectivity index (χ3n) is 1.81. The first-order valence-corrected chi connectivity index (χ1v) is 3.56. The van der Waals surface area contributed by atoms with Gasteiger partial charge in [-0.05, 0) is 17.6 Å². The molecule has 1 heterocycles. The maximum Gasteiger partial charge on any atom is 0.197 e. The predicted molar refractivity (Wildman–Crippen MR) is 35.4 cm³/mol. The lowest BCUT2D eigenvalue weighted by Crippen LogP contribution is -2.08. The van der Waals surface area contributed by atoms with Gasteiger partial charge >= 0.3 is 0 Å². The van der Waals surface area contributed by atoms with Gasteiger partial charge in [-0.2, -0.15) is 0 Å². The zero-order valence-corrected chi connectivity index (χ0v) is 5.86. The second kappa shape index (κ2) is 2.95. The summed E-state index contributed by atoms with van der Waals surface area (Å²) in [6, 6.07) is 0. The van der Waals surface area contributed by atoms with Crippen LogP contribution in [0.1, 0.15) is 32.6 Å². The normalized spacial score (nSPS) is 22.0. The SMILES string of the molecule is CC1=[N+](F)CCCCC1. The summed E-state index contributed by atoms with van der Waals surface area (Å²) in [4.78, 5) is 0.882. The van der Waals surface area contributed by atoms with Gasteiger partial charge in [-0.15, -0.1) is 0 Å². The third kappa shape index (κ3) is 1.77. The Kier molecular flexibility index (Phi) is 2.20. The zero-order valence-electron chi connectivity index (χ0n) is 5.86. The molecule has 0 aromatic carbocycles. The molecule has 1 nitrogen and oxygen atoms in total. The van der Waals surface area contributed by atoms with Gasteiger partial charge in [0.25, 0.3) is 0 Å². The van der Waals surface area contributed by atoms with E-state index >= 15 is 0 Å². The van der Waals surface area contributed by atoms with Gasteiger partial charge in [-0.3, -0.25) is 0 Å². The second-order valence-electron chi connectivity index (χ2n) is 2.63. The Morgan fingerprint density at radius 3 is 2.89 bits per heavy atom. The lowest BCUT2D eigenvalue weighted by Gasteiger charge is -1.85. The van der Waals surface area contributed by atoms with Crippen molar-refractivity contribution >= 4 is 5.71 Å². The average Bonchev–Trinajstić information content (AvgIpc) is 1.99. The molecule has 1 rings (SSSR count). The van der Waals surface area contributed by atoms with Crippen LogP contribution in [0.3, 0.4) is 0 Å². The van der Waals surface area contributed by atoms with E-state index in [1.807, 2.05) is 6.92 Å². The van der Waals surface area contributed by atoms with Gasteiger partial charge in [0.15, 0.2) is 12.3 Å². The van der Waals surface area contributed by atoms with Crippen molar-refractivity contribution in [3.05, 3.63) is 0 Å². The van der Waals surface area contributed by atoms with E-state index in [4.69, 9.17) is 0 Å². The van der Waals surface area contributed by atoms with E-state index in [1.165, 1.54) is 6.42 Å². The summed E-state index contributed by atoms with van der Waals surface area (Å²) < 4.78 is 12.6. The van der Waals surface area contributed by atoms with Crippen LogP contribution in [0.15, 0.2) is 0 Å². The van der Waals surface area contributed by atoms with Crippen molar-refractivity contribution in [2.24, 2.45) is 0 Å². The standard InChI is InChI=1S/C7H13FN/c1-7-5-3-2-4-6-9(7)8/h2-6H2,1H3/q+1. The largest absolute Gasteiger partial charge is 0.197 e. The molecule has 0 atom stereocenters. The molecule has 9 heavy (non-hydrogen) atoms. The molecular weight excluding hydrogens is 117 g/mol. The lowest BCUT2D eigenvalue weighted by molar-refractivity contribution is -0.708. The summed E-state index contributed by atoms with van der Waals surface area (Å²) in [5.74, 6) is 0. The molecule has 0 N–H and O–H groups in total. The fourth-order valence-electron chi connectivity index (χ4n) is 1.12. The first-order valence-electron chi connectivity index (χ1n) is 3.56. The molecule has 0 fully saturated rings. The number of hydrogen-bond donors (Lipinski definition) is 0. The van der Waals surface area contributed by atoms with Crippen LogP contribution in [-0.2, 0) is 0 Å². The van der Waals surface area contributed by atoms with Gasteiger partial charge < -0.3 is 0 Å². The number of halogens is 1. The van der Waals surface area contributed by atoms with Crippen LogP contribution in [0.4, 0.5) is 4.48 Å². The fraction of sp³-hybridized carbons (Fsp3) is 0.857. The summed E-state index contributed by atoms with van der Waals surface area (Å²) >= 11 is 0. The summed E-state index contributed by atoms with van der Waals surface area (Å²) in [5.41, 5.74) is 0.896. The topological polar surface area (TPSA) is 3.01 Å². The molecule has 0 saturated heterocycles. The Hall–Kier alpha value is -0.400. The average molecular weight is 130 g/mol. The van der Waals surface area contributed by atoms with Crippen LogP contribution in [0.25, 0.3) is 0 Å². The molecule has 0 bridgehead atoms. The number of rotatable bonds is 0. The van der Waals surface area contributed by atoms with Crippen molar-refractivity contribution in [2.75, 3.05) is 6.54 Å². The van der Waals surface area contributed by atoms with E-state index < -0.39 is 0 Å². The second-order valence-corrected chi connectivity index (χ2v) is 2.63. The van der Waals surface area contributed by atoms with E-state index in [0.717, 1.165) is 29.8 Å². The highest BCUT2D eigenvalue weighted by Gasteiger charge is 2.13. The molecule has 2 heteroatoms. The smallest absolute Gasteiger partial charge is 0.0466 e. The minimum absolute atomic E-state index is 0.603. The van der Waals surface area contributed by atoms with Gasteiger partial charge in [0.1, 0.15) is 0 Å². The minimum atomic E-state index is 0.603. The lowest BCUT2D eigenvalue weighted by atomic mass is 10.2. The summed E-state index contributed by atoms with van der Waals surface area (Å²) in [7, 11) is 0. The highest BCUT2D eigenvalue weighted by Crippen LogP contribution is 2.06. The van der Waals surface area contributed by atoms with Crippen LogP contribution >= 0.6 is 0 Å². The van der Waals surface area contributed by atoms with Crippen molar-refractivity contribution in [3.8, 4) is 0 Å². The first kappa shape index (κ1) is 6.72. The van der Waals surface area contributed by atoms with Crippen molar-refractivity contribution in [1.82, 2.24) is 0 Å². The molecule has 0 radical (unpaired) electrons. The van der Waals surface area contributed by atoms with Crippen LogP contribution in [0.2, 0.25) is 0 Å². The molecule has 0 amide bonds. The van der Waals surface area contributed by atoms with Crippen LogP contribution in [0, 0.1) is 0 Å². The Morgan fingerprint density at radius 1 is 1.33 bits per heavy atom. The highest BCUT2D eigenvalue weighted by molar-refractivity contribution is 5.76. The zero-order chi connectivity index (χ0) is 6.69. The fourth-order valence-corrected chi connectivity index (χ4v) is 1.12. The van der Waals surface area contributed by atoms with Gasteiger partial charge in [0.05, 0.1) is 4.48 Å². The third-order valence-corrected chi connectivity index (χ3v) is 1.81. The van der Waals surface area contributed by atoms with E-state index in [9.17, 15) is 4.48 Å². The Balaban J connectivity index is 2.55. The monoisotopic (exact) mass is 130 g/mol. The molecule has 52 valence electrons. The van der Waals surface area contributed by atoms with Crippen LogP contribution < -0.4 is 0 Å². The molecule has 0 saturated carbocycles. The Bertz CT molecular complexity index is 115. The van der Waals surface area contributed by atoms with Crippen molar-refractivity contribution in [1.29, 1.82) is 0 Å². The number of hydrogen-bond acceptors (Lipinski definition) is 0. The van der Waals surface area contributed by atoms with Crippen molar-refractivity contribution in [2.45, 2.75) is 32.6 Å². The maximum atomic E-state index is 12.6. The molecule has 0 spiro atoms.